The smallest absolute Gasteiger partial charge is 0.310 e. The van der Waals surface area contributed by atoms with Crippen LogP contribution in [-0.4, -0.2) is 45.5 Å². The molecule has 7 heteroatoms. The predicted molar refractivity (Wildman–Crippen MR) is 104 cm³/mol. The van der Waals surface area contributed by atoms with Gasteiger partial charge in [0.05, 0.1) is 18.1 Å². The molecule has 2 rings (SSSR count). The fourth-order valence-corrected chi connectivity index (χ4v) is 4.39. The molecule has 29 heavy (non-hydrogen) atoms. The number of ether oxygens (including phenoxy) is 1. The molecule has 3 N–H and O–H groups in total. The molecule has 0 aromatic rings. The van der Waals surface area contributed by atoms with E-state index in [9.17, 15) is 15.0 Å². The Bertz CT molecular complexity index is 693. The fourth-order valence-electron chi connectivity index (χ4n) is 4.39. The molecule has 0 aromatic carbocycles. The van der Waals surface area contributed by atoms with Gasteiger partial charge in [0.2, 0.25) is 0 Å². The van der Waals surface area contributed by atoms with Crippen molar-refractivity contribution in [1.82, 2.24) is 0 Å². The number of carbonyl (C=O) groups is 1. The van der Waals surface area contributed by atoms with Gasteiger partial charge in [-0.1, -0.05) is 25.8 Å². The normalized spacial score (nSPS) is 31.9. The minimum Gasteiger partial charge on any atom is -0.488 e. The maximum absolute atomic E-state index is 15.3. The molecule has 2 fully saturated rings. The highest BCUT2D eigenvalue weighted by atomic mass is 19.3. The van der Waals surface area contributed by atoms with Crippen molar-refractivity contribution in [3.8, 4) is 11.8 Å². The summed E-state index contributed by atoms with van der Waals surface area (Å²) < 4.78 is 36.0. The number of carboxylic acid groups (broad SMARTS) is 1. The second kappa shape index (κ2) is 9.73. The van der Waals surface area contributed by atoms with Gasteiger partial charge < -0.3 is 20.1 Å². The van der Waals surface area contributed by atoms with Gasteiger partial charge in [0.15, 0.2) is 5.76 Å². The number of hydrogen-bond acceptors (Lipinski definition) is 4. The van der Waals surface area contributed by atoms with Crippen LogP contribution in [0.5, 0.6) is 0 Å². The molecule has 162 valence electrons. The molecule has 0 spiro atoms. The first-order chi connectivity index (χ1) is 13.6. The molecule has 2 aliphatic rings. The Labute approximate surface area is 170 Å². The van der Waals surface area contributed by atoms with E-state index >= 15 is 8.78 Å². The van der Waals surface area contributed by atoms with Crippen LogP contribution in [0.25, 0.3) is 0 Å². The molecule has 0 amide bonds. The highest BCUT2D eigenvalue weighted by Gasteiger charge is 2.65. The van der Waals surface area contributed by atoms with Gasteiger partial charge >= 0.3 is 11.9 Å². The van der Waals surface area contributed by atoms with Crippen LogP contribution >= 0.6 is 0 Å². The van der Waals surface area contributed by atoms with Crippen molar-refractivity contribution >= 4 is 5.97 Å². The first-order valence-electron chi connectivity index (χ1n) is 10.1. The second-order valence-corrected chi connectivity index (χ2v) is 7.83. The van der Waals surface area contributed by atoms with Crippen LogP contribution in [0.15, 0.2) is 24.5 Å². The molecule has 1 saturated carbocycles. The van der Waals surface area contributed by atoms with Gasteiger partial charge in [-0.25, -0.2) is 0 Å². The van der Waals surface area contributed by atoms with Crippen LogP contribution in [0.4, 0.5) is 8.78 Å². The molecule has 1 aliphatic carbocycles. The van der Waals surface area contributed by atoms with Crippen molar-refractivity contribution < 1.29 is 33.6 Å². The zero-order valence-electron chi connectivity index (χ0n) is 16.9. The summed E-state index contributed by atoms with van der Waals surface area (Å²) in [7, 11) is 0. The molecule has 1 heterocycles. The Morgan fingerprint density at radius 2 is 2.17 bits per heavy atom. The highest BCUT2D eigenvalue weighted by Crippen LogP contribution is 2.56. The third-order valence-electron chi connectivity index (χ3n) is 5.89. The number of fused-ring (bicyclic) bond motifs is 1. The van der Waals surface area contributed by atoms with Gasteiger partial charge in [0, 0.05) is 31.1 Å². The third-order valence-corrected chi connectivity index (χ3v) is 5.89. The monoisotopic (exact) mass is 412 g/mol. The Kier molecular flexibility index (Phi) is 7.84. The van der Waals surface area contributed by atoms with Gasteiger partial charge in [0.25, 0.3) is 0 Å². The number of carboxylic acids is 1. The molecule has 5 nitrogen and oxygen atoms in total. The summed E-state index contributed by atoms with van der Waals surface area (Å²) in [5.41, 5.74) is 0. The van der Waals surface area contributed by atoms with Gasteiger partial charge in [-0.05, 0) is 24.8 Å². The van der Waals surface area contributed by atoms with Crippen LogP contribution in [0.1, 0.15) is 46.0 Å². The Hall–Kier alpha value is -1.91. The third kappa shape index (κ3) is 4.99. The number of aliphatic carboxylic acids is 1. The van der Waals surface area contributed by atoms with Crippen molar-refractivity contribution in [3.05, 3.63) is 24.5 Å². The molecule has 7 atom stereocenters. The molecular weight excluding hydrogens is 382 g/mol. The predicted octanol–water partition coefficient (Wildman–Crippen LogP) is 3.37. The van der Waals surface area contributed by atoms with Crippen molar-refractivity contribution in [1.29, 1.82) is 0 Å². The van der Waals surface area contributed by atoms with Crippen molar-refractivity contribution in [3.63, 3.8) is 0 Å². The van der Waals surface area contributed by atoms with Gasteiger partial charge in [0.1, 0.15) is 6.10 Å². The molecule has 0 radical (unpaired) electrons. The molecule has 0 unspecified atom stereocenters. The molecule has 0 aromatic heterocycles. The van der Waals surface area contributed by atoms with Crippen LogP contribution in [0.3, 0.4) is 0 Å². The van der Waals surface area contributed by atoms with E-state index in [-0.39, 0.29) is 25.7 Å². The van der Waals surface area contributed by atoms with Gasteiger partial charge in [-0.15, -0.1) is 12.5 Å². The topological polar surface area (TPSA) is 87.0 Å². The number of hydrogen-bond donors (Lipinski definition) is 3. The lowest BCUT2D eigenvalue weighted by atomic mass is 9.72. The van der Waals surface area contributed by atoms with E-state index in [0.29, 0.717) is 6.42 Å². The lowest BCUT2D eigenvalue weighted by Gasteiger charge is -2.34. The molecule has 1 aliphatic heterocycles. The second-order valence-electron chi connectivity index (χ2n) is 7.83. The van der Waals surface area contributed by atoms with E-state index in [1.807, 2.05) is 6.92 Å². The summed E-state index contributed by atoms with van der Waals surface area (Å²) in [5.74, 6) is -2.04. The van der Waals surface area contributed by atoms with Crippen molar-refractivity contribution in [2.45, 2.75) is 70.2 Å². The summed E-state index contributed by atoms with van der Waals surface area (Å²) >= 11 is 0. The zero-order valence-corrected chi connectivity index (χ0v) is 16.9. The van der Waals surface area contributed by atoms with E-state index in [1.54, 1.807) is 6.92 Å². The van der Waals surface area contributed by atoms with Crippen LogP contribution in [-0.2, 0) is 9.53 Å². The standard InChI is InChI=1S/C22H30F2O5/c1-4-6-9-14(13(3)15(25)5-2)20-16(26)12-17-21(20)22(23,24)18(29-17)10-7-8-11-19(27)28/h5,10,13-17,20-21,25-26H,2,4,7-8,11-12H2,1,3H3,(H,27,28)/t13-,14+,15-,16+,17-,20-,21-/m0/s1. The summed E-state index contributed by atoms with van der Waals surface area (Å²) in [4.78, 5) is 10.6. The van der Waals surface area contributed by atoms with Crippen molar-refractivity contribution in [2.24, 2.45) is 23.7 Å². The highest BCUT2D eigenvalue weighted by molar-refractivity contribution is 5.66. The maximum atomic E-state index is 15.3. The van der Waals surface area contributed by atoms with E-state index in [2.05, 4.69) is 18.4 Å². The number of alkyl halides is 2. The quantitative estimate of drug-likeness (QED) is 0.323. The number of halogens is 2. The number of unbranched alkanes of at least 4 members (excludes halogenated alkanes) is 1. The average Bonchev–Trinajstić information content (AvgIpc) is 3.11. The van der Waals surface area contributed by atoms with Crippen LogP contribution < -0.4 is 0 Å². The first-order valence-corrected chi connectivity index (χ1v) is 10.1. The minimum atomic E-state index is -3.29. The fraction of sp³-hybridized carbons (Fsp3) is 0.682. The molecule has 1 saturated heterocycles. The largest absolute Gasteiger partial charge is 0.488 e. The number of allylic oxidation sites excluding steroid dienone is 2. The molecular formula is C22H30F2O5. The van der Waals surface area contributed by atoms with Crippen LogP contribution in [0.2, 0.25) is 0 Å². The SMILES string of the molecule is C=C[C@H](O)[C@@H](C)[C@@H](C#CCC)[C@@H]1[C@@H]2[C@H](C[C@H]1O)OC(=CCCCC(=O)O)C2(F)F. The van der Waals surface area contributed by atoms with Gasteiger partial charge in [-0.3, -0.25) is 4.79 Å². The number of aliphatic hydroxyl groups excluding tert-OH is 2. The summed E-state index contributed by atoms with van der Waals surface area (Å²) in [6, 6.07) is 0. The Morgan fingerprint density at radius 1 is 1.48 bits per heavy atom. The van der Waals surface area contributed by atoms with Crippen molar-refractivity contribution in [2.75, 3.05) is 0 Å². The summed E-state index contributed by atoms with van der Waals surface area (Å²) in [5, 5.41) is 29.5. The lowest BCUT2D eigenvalue weighted by Crippen LogP contribution is -2.41. The Morgan fingerprint density at radius 3 is 2.76 bits per heavy atom. The molecule has 0 bridgehead atoms. The van der Waals surface area contributed by atoms with E-state index in [4.69, 9.17) is 9.84 Å². The Balaban J connectivity index is 2.30. The van der Waals surface area contributed by atoms with Crippen LogP contribution in [0, 0.1) is 35.5 Å². The maximum Gasteiger partial charge on any atom is 0.310 e. The number of rotatable bonds is 8. The number of aliphatic hydroxyl groups is 2. The van der Waals surface area contributed by atoms with E-state index < -0.39 is 59.6 Å². The van der Waals surface area contributed by atoms with E-state index in [0.717, 1.165) is 0 Å². The average molecular weight is 412 g/mol. The lowest BCUT2D eigenvalue weighted by molar-refractivity contribution is -0.137. The summed E-state index contributed by atoms with van der Waals surface area (Å²) in [6.07, 6.45) is 0.746. The first kappa shape index (κ1) is 23.4. The summed E-state index contributed by atoms with van der Waals surface area (Å²) in [6.45, 7) is 7.13. The van der Waals surface area contributed by atoms with E-state index in [1.165, 1.54) is 12.2 Å². The zero-order chi connectivity index (χ0) is 21.8. The minimum absolute atomic E-state index is 0.0681. The van der Waals surface area contributed by atoms with Gasteiger partial charge in [-0.2, -0.15) is 8.78 Å².